The Kier molecular flexibility index (Phi) is 2.71. The van der Waals surface area contributed by atoms with Crippen LogP contribution in [0, 0.1) is 0 Å². The van der Waals surface area contributed by atoms with Crippen molar-refractivity contribution < 1.29 is 4.79 Å². The molecule has 0 aliphatic rings. The van der Waals surface area contributed by atoms with Crippen molar-refractivity contribution >= 4 is 5.91 Å². The van der Waals surface area contributed by atoms with Crippen LogP contribution < -0.4 is 11.1 Å². The molecular formula is C7H10N4O. The predicted molar refractivity (Wildman–Crippen MR) is 43.3 cm³/mol. The number of nitrogens with two attached hydrogens (primary N) is 1. The zero-order chi connectivity index (χ0) is 8.97. The highest BCUT2D eigenvalue weighted by Crippen LogP contribution is 1.93. The third-order valence-electron chi connectivity index (χ3n) is 1.32. The van der Waals surface area contributed by atoms with Crippen molar-refractivity contribution in [2.45, 2.75) is 6.54 Å². The molecule has 0 aliphatic carbocycles. The predicted octanol–water partition coefficient (Wildman–Crippen LogP) is -0.705. The Morgan fingerprint density at radius 2 is 2.33 bits per heavy atom. The van der Waals surface area contributed by atoms with Crippen molar-refractivity contribution in [1.29, 1.82) is 0 Å². The number of nitrogens with zero attached hydrogens (tertiary/aromatic N) is 2. The highest BCUT2D eigenvalue weighted by molar-refractivity contribution is 5.90. The molecule has 5 nitrogen and oxygen atoms in total. The third kappa shape index (κ3) is 2.00. The smallest absolute Gasteiger partial charge is 0.268 e. The van der Waals surface area contributed by atoms with E-state index in [2.05, 4.69) is 15.3 Å². The SMILES string of the molecule is CNCc1cnc(C(N)=O)cn1. The number of hydrogen-bond acceptors (Lipinski definition) is 4. The Bertz CT molecular complexity index is 269. The van der Waals surface area contributed by atoms with Crippen molar-refractivity contribution in [2.24, 2.45) is 5.73 Å². The molecule has 1 amide bonds. The molecule has 0 fully saturated rings. The molecule has 1 aromatic rings. The number of nitrogens with one attached hydrogen (secondary N) is 1. The lowest BCUT2D eigenvalue weighted by Gasteiger charge is -1.98. The summed E-state index contributed by atoms with van der Waals surface area (Å²) in [5.41, 5.74) is 5.95. The lowest BCUT2D eigenvalue weighted by Crippen LogP contribution is -2.14. The van der Waals surface area contributed by atoms with Gasteiger partial charge in [0.2, 0.25) is 0 Å². The van der Waals surface area contributed by atoms with Gasteiger partial charge in [0.15, 0.2) is 0 Å². The number of primary amides is 1. The molecular weight excluding hydrogens is 156 g/mol. The lowest BCUT2D eigenvalue weighted by molar-refractivity contribution is 0.0995. The van der Waals surface area contributed by atoms with Crippen molar-refractivity contribution in [3.05, 3.63) is 23.8 Å². The molecule has 0 saturated carbocycles. The molecule has 12 heavy (non-hydrogen) atoms. The molecule has 1 heterocycles. The maximum atomic E-state index is 10.6. The molecule has 0 saturated heterocycles. The first-order valence-corrected chi connectivity index (χ1v) is 3.49. The maximum absolute atomic E-state index is 10.6. The van der Waals surface area contributed by atoms with Gasteiger partial charge < -0.3 is 11.1 Å². The van der Waals surface area contributed by atoms with Crippen molar-refractivity contribution in [1.82, 2.24) is 15.3 Å². The standard InChI is InChI=1S/C7H10N4O/c1-9-2-5-3-11-6(4-10-5)7(8)12/h3-4,9H,2H2,1H3,(H2,8,12). The Labute approximate surface area is 70.0 Å². The van der Waals surface area contributed by atoms with E-state index in [1.807, 2.05) is 7.05 Å². The highest BCUT2D eigenvalue weighted by Gasteiger charge is 2.01. The molecule has 0 atom stereocenters. The summed E-state index contributed by atoms with van der Waals surface area (Å²) < 4.78 is 0. The van der Waals surface area contributed by atoms with Crippen LogP contribution in [0.4, 0.5) is 0 Å². The molecule has 0 bridgehead atoms. The molecule has 3 N–H and O–H groups in total. The van der Waals surface area contributed by atoms with Crippen molar-refractivity contribution in [3.63, 3.8) is 0 Å². The minimum absolute atomic E-state index is 0.190. The molecule has 1 rings (SSSR count). The average Bonchev–Trinajstić information content (AvgIpc) is 2.06. The fourth-order valence-corrected chi connectivity index (χ4v) is 0.754. The normalized spacial score (nSPS) is 9.75. The zero-order valence-electron chi connectivity index (χ0n) is 6.74. The topological polar surface area (TPSA) is 80.9 Å². The van der Waals surface area contributed by atoms with E-state index in [9.17, 15) is 4.79 Å². The summed E-state index contributed by atoms with van der Waals surface area (Å²) >= 11 is 0. The molecule has 64 valence electrons. The zero-order valence-corrected chi connectivity index (χ0v) is 6.74. The summed E-state index contributed by atoms with van der Waals surface area (Å²) in [6, 6.07) is 0. The van der Waals surface area contributed by atoms with Gasteiger partial charge in [-0.05, 0) is 7.05 Å². The summed E-state index contributed by atoms with van der Waals surface area (Å²) in [4.78, 5) is 18.4. The molecule has 0 unspecified atom stereocenters. The van der Waals surface area contributed by atoms with Crippen LogP contribution in [0.1, 0.15) is 16.2 Å². The van der Waals surface area contributed by atoms with Crippen LogP contribution in [-0.4, -0.2) is 22.9 Å². The van der Waals surface area contributed by atoms with Crippen LogP contribution in [0.15, 0.2) is 12.4 Å². The van der Waals surface area contributed by atoms with Gasteiger partial charge in [-0.2, -0.15) is 0 Å². The highest BCUT2D eigenvalue weighted by atomic mass is 16.1. The van der Waals surface area contributed by atoms with Crippen molar-refractivity contribution in [2.75, 3.05) is 7.05 Å². The minimum atomic E-state index is -0.557. The van der Waals surface area contributed by atoms with Crippen LogP contribution in [0.2, 0.25) is 0 Å². The molecule has 0 aliphatic heterocycles. The van der Waals surface area contributed by atoms with E-state index in [1.54, 1.807) is 0 Å². The third-order valence-corrected chi connectivity index (χ3v) is 1.32. The summed E-state index contributed by atoms with van der Waals surface area (Å²) in [5, 5.41) is 2.91. The van der Waals surface area contributed by atoms with Gasteiger partial charge in [-0.25, -0.2) is 4.98 Å². The number of rotatable bonds is 3. The Hall–Kier alpha value is -1.49. The van der Waals surface area contributed by atoms with Gasteiger partial charge in [0.25, 0.3) is 5.91 Å². The fraction of sp³-hybridized carbons (Fsp3) is 0.286. The van der Waals surface area contributed by atoms with E-state index in [1.165, 1.54) is 12.4 Å². The number of amides is 1. The lowest BCUT2D eigenvalue weighted by atomic mass is 10.4. The van der Waals surface area contributed by atoms with Gasteiger partial charge >= 0.3 is 0 Å². The first kappa shape index (κ1) is 8.61. The van der Waals surface area contributed by atoms with Crippen molar-refractivity contribution in [3.8, 4) is 0 Å². The summed E-state index contributed by atoms with van der Waals surface area (Å²) in [6.45, 7) is 0.631. The van der Waals surface area contributed by atoms with Crippen LogP contribution in [0.25, 0.3) is 0 Å². The van der Waals surface area contributed by atoms with Gasteiger partial charge in [0, 0.05) is 6.54 Å². The molecule has 5 heteroatoms. The number of carbonyl (C=O) groups excluding carboxylic acids is 1. The Morgan fingerprint density at radius 1 is 1.58 bits per heavy atom. The number of hydrogen-bond donors (Lipinski definition) is 2. The second-order valence-corrected chi connectivity index (χ2v) is 2.29. The molecule has 1 aromatic heterocycles. The van der Waals surface area contributed by atoms with Crippen LogP contribution >= 0.6 is 0 Å². The quantitative estimate of drug-likeness (QED) is 0.621. The van der Waals surface area contributed by atoms with E-state index >= 15 is 0 Å². The summed E-state index contributed by atoms with van der Waals surface area (Å²) in [5.74, 6) is -0.557. The monoisotopic (exact) mass is 166 g/mol. The van der Waals surface area contributed by atoms with Gasteiger partial charge in [-0.3, -0.25) is 9.78 Å². The molecule has 0 radical (unpaired) electrons. The van der Waals surface area contributed by atoms with Crippen LogP contribution in [0.3, 0.4) is 0 Å². The van der Waals surface area contributed by atoms with E-state index in [4.69, 9.17) is 5.73 Å². The van der Waals surface area contributed by atoms with Gasteiger partial charge in [-0.15, -0.1) is 0 Å². The van der Waals surface area contributed by atoms with E-state index in [0.717, 1.165) is 5.69 Å². The first-order valence-electron chi connectivity index (χ1n) is 3.49. The van der Waals surface area contributed by atoms with Crippen LogP contribution in [0.5, 0.6) is 0 Å². The number of carbonyl (C=O) groups is 1. The van der Waals surface area contributed by atoms with Gasteiger partial charge in [-0.1, -0.05) is 0 Å². The Morgan fingerprint density at radius 3 is 2.75 bits per heavy atom. The average molecular weight is 166 g/mol. The summed E-state index contributed by atoms with van der Waals surface area (Å²) in [6.07, 6.45) is 2.89. The minimum Gasteiger partial charge on any atom is -0.364 e. The fourth-order valence-electron chi connectivity index (χ4n) is 0.754. The van der Waals surface area contributed by atoms with Crippen LogP contribution in [-0.2, 0) is 6.54 Å². The van der Waals surface area contributed by atoms with E-state index in [-0.39, 0.29) is 5.69 Å². The second kappa shape index (κ2) is 3.77. The molecule has 0 aromatic carbocycles. The first-order chi connectivity index (χ1) is 5.74. The largest absolute Gasteiger partial charge is 0.364 e. The van der Waals surface area contributed by atoms with E-state index < -0.39 is 5.91 Å². The maximum Gasteiger partial charge on any atom is 0.268 e. The van der Waals surface area contributed by atoms with Gasteiger partial charge in [0.1, 0.15) is 5.69 Å². The van der Waals surface area contributed by atoms with Gasteiger partial charge in [0.05, 0.1) is 18.1 Å². The second-order valence-electron chi connectivity index (χ2n) is 2.29. The molecule has 0 spiro atoms. The summed E-state index contributed by atoms with van der Waals surface area (Å²) in [7, 11) is 1.81. The Balaban J connectivity index is 2.78. The van der Waals surface area contributed by atoms with E-state index in [0.29, 0.717) is 6.54 Å². The number of aromatic nitrogens is 2.